The maximum absolute atomic E-state index is 11.5. The number of carbonyl (C=O) groups is 1. The number of rotatable bonds is 5. The van der Waals surface area contributed by atoms with E-state index < -0.39 is 18.2 Å². The van der Waals surface area contributed by atoms with E-state index in [-0.39, 0.29) is 13.0 Å². The molecule has 1 heterocycles. The first-order chi connectivity index (χ1) is 8.75. The second-order valence-corrected chi connectivity index (χ2v) is 4.14. The number of aliphatic hydroxyl groups is 1. The van der Waals surface area contributed by atoms with E-state index in [1.165, 1.54) is 0 Å². The highest BCUT2D eigenvalue weighted by Gasteiger charge is 2.23. The zero-order valence-electron chi connectivity index (χ0n) is 9.99. The minimum atomic E-state index is -0.841. The van der Waals surface area contributed by atoms with Crippen molar-refractivity contribution in [3.05, 3.63) is 48.0 Å². The van der Waals surface area contributed by atoms with Crippen molar-refractivity contribution in [1.29, 1.82) is 0 Å². The van der Waals surface area contributed by atoms with Crippen molar-refractivity contribution in [2.75, 3.05) is 6.61 Å². The highest BCUT2D eigenvalue weighted by Crippen LogP contribution is 2.12. The van der Waals surface area contributed by atoms with Gasteiger partial charge in [-0.1, -0.05) is 42.5 Å². The average Bonchev–Trinajstić information content (AvgIpc) is 2.91. The van der Waals surface area contributed by atoms with Crippen molar-refractivity contribution in [2.24, 2.45) is 0 Å². The number of hydrogen-bond donors (Lipinski definition) is 1. The maximum Gasteiger partial charge on any atom is 0.308 e. The summed E-state index contributed by atoms with van der Waals surface area (Å²) in [4.78, 5) is 11.5. The van der Waals surface area contributed by atoms with Crippen molar-refractivity contribution in [3.63, 3.8) is 0 Å². The monoisotopic (exact) mass is 248 g/mol. The number of carbonyl (C=O) groups excluding carboxylic acids is 1. The van der Waals surface area contributed by atoms with Crippen LogP contribution >= 0.6 is 0 Å². The summed E-state index contributed by atoms with van der Waals surface area (Å²) in [5.41, 5.74) is 0.928. The number of benzene rings is 1. The van der Waals surface area contributed by atoms with Crippen LogP contribution in [0.15, 0.2) is 42.5 Å². The van der Waals surface area contributed by atoms with Gasteiger partial charge in [-0.15, -0.1) is 0 Å². The van der Waals surface area contributed by atoms with Crippen LogP contribution in [0.5, 0.6) is 0 Å². The highest BCUT2D eigenvalue weighted by molar-refractivity contribution is 5.70. The summed E-state index contributed by atoms with van der Waals surface area (Å²) >= 11 is 0. The van der Waals surface area contributed by atoms with E-state index in [1.54, 1.807) is 6.08 Å². The molecule has 96 valence electrons. The van der Waals surface area contributed by atoms with Gasteiger partial charge in [-0.3, -0.25) is 4.79 Å². The summed E-state index contributed by atoms with van der Waals surface area (Å²) in [6.45, 7) is 0.717. The Labute approximate surface area is 106 Å². The van der Waals surface area contributed by atoms with Gasteiger partial charge >= 0.3 is 5.97 Å². The fourth-order valence-corrected chi connectivity index (χ4v) is 1.74. The molecule has 1 aliphatic rings. The van der Waals surface area contributed by atoms with Crippen molar-refractivity contribution >= 4 is 5.97 Å². The summed E-state index contributed by atoms with van der Waals surface area (Å²) < 4.78 is 10.3. The molecule has 1 aliphatic heterocycles. The molecule has 1 aromatic rings. The second kappa shape index (κ2) is 6.33. The van der Waals surface area contributed by atoms with Crippen LogP contribution in [0.4, 0.5) is 0 Å². The summed E-state index contributed by atoms with van der Waals surface area (Å²) in [5, 5.41) is 9.74. The Morgan fingerprint density at radius 2 is 2.22 bits per heavy atom. The number of esters is 1. The van der Waals surface area contributed by atoms with Gasteiger partial charge in [-0.25, -0.2) is 0 Å². The molecule has 0 aromatic heterocycles. The predicted molar refractivity (Wildman–Crippen MR) is 65.7 cm³/mol. The largest absolute Gasteiger partial charge is 0.461 e. The van der Waals surface area contributed by atoms with Crippen LogP contribution in [0.25, 0.3) is 0 Å². The van der Waals surface area contributed by atoms with Crippen LogP contribution in [-0.2, 0) is 20.9 Å². The SMILES string of the molecule is O=C(C[C@@H](O)[C@@H]1C=CCO1)OCc1ccccc1. The second-order valence-electron chi connectivity index (χ2n) is 4.14. The third-order valence-corrected chi connectivity index (χ3v) is 2.71. The lowest BCUT2D eigenvalue weighted by Crippen LogP contribution is -2.28. The molecule has 1 N–H and O–H groups in total. The van der Waals surface area contributed by atoms with Gasteiger partial charge in [-0.05, 0) is 5.56 Å². The minimum Gasteiger partial charge on any atom is -0.461 e. The van der Waals surface area contributed by atoms with E-state index >= 15 is 0 Å². The standard InChI is InChI=1S/C14H16O4/c15-12(13-7-4-8-17-13)9-14(16)18-10-11-5-2-1-3-6-11/h1-7,12-13,15H,8-10H2/t12-,13+/m1/s1. The van der Waals surface area contributed by atoms with Gasteiger partial charge in [0.2, 0.25) is 0 Å². The molecule has 0 aliphatic carbocycles. The Bertz CT molecular complexity index is 413. The lowest BCUT2D eigenvalue weighted by atomic mass is 10.1. The molecule has 0 amide bonds. The molecular weight excluding hydrogens is 232 g/mol. The van der Waals surface area contributed by atoms with E-state index in [0.717, 1.165) is 5.56 Å². The van der Waals surface area contributed by atoms with Crippen molar-refractivity contribution < 1.29 is 19.4 Å². The van der Waals surface area contributed by atoms with E-state index in [1.807, 2.05) is 36.4 Å². The fraction of sp³-hybridized carbons (Fsp3) is 0.357. The van der Waals surface area contributed by atoms with Gasteiger partial charge < -0.3 is 14.6 Å². The first-order valence-electron chi connectivity index (χ1n) is 5.91. The fourth-order valence-electron chi connectivity index (χ4n) is 1.74. The first-order valence-corrected chi connectivity index (χ1v) is 5.91. The van der Waals surface area contributed by atoms with E-state index in [0.29, 0.717) is 6.61 Å². The minimum absolute atomic E-state index is 0.0537. The van der Waals surface area contributed by atoms with Crippen LogP contribution < -0.4 is 0 Å². The normalized spacial score (nSPS) is 19.7. The van der Waals surface area contributed by atoms with Crippen molar-refractivity contribution in [3.8, 4) is 0 Å². The number of ether oxygens (including phenoxy) is 2. The molecule has 1 aromatic carbocycles. The molecule has 0 radical (unpaired) electrons. The molecule has 0 bridgehead atoms. The maximum atomic E-state index is 11.5. The van der Waals surface area contributed by atoms with Gasteiger partial charge in [0, 0.05) is 0 Å². The van der Waals surface area contributed by atoms with Gasteiger partial charge in [0.15, 0.2) is 0 Å². The summed E-state index contributed by atoms with van der Waals surface area (Å²) in [7, 11) is 0. The lowest BCUT2D eigenvalue weighted by Gasteiger charge is -2.15. The average molecular weight is 248 g/mol. The highest BCUT2D eigenvalue weighted by atomic mass is 16.5. The molecule has 4 heteroatoms. The molecule has 0 fully saturated rings. The quantitative estimate of drug-likeness (QED) is 0.632. The van der Waals surface area contributed by atoms with Gasteiger partial charge in [0.1, 0.15) is 12.7 Å². The molecule has 0 unspecified atom stereocenters. The van der Waals surface area contributed by atoms with Gasteiger partial charge in [-0.2, -0.15) is 0 Å². The third-order valence-electron chi connectivity index (χ3n) is 2.71. The molecule has 2 atom stereocenters. The third kappa shape index (κ3) is 3.68. The zero-order chi connectivity index (χ0) is 12.8. The first kappa shape index (κ1) is 12.8. The number of hydrogen-bond acceptors (Lipinski definition) is 4. The van der Waals surface area contributed by atoms with Gasteiger partial charge in [0.05, 0.1) is 19.1 Å². The summed E-state index contributed by atoms with van der Waals surface area (Å²) in [5.74, 6) is -0.421. The summed E-state index contributed by atoms with van der Waals surface area (Å²) in [6, 6.07) is 9.43. The molecular formula is C14H16O4. The van der Waals surface area contributed by atoms with Crippen molar-refractivity contribution in [1.82, 2.24) is 0 Å². The van der Waals surface area contributed by atoms with Crippen LogP contribution in [-0.4, -0.2) is 29.9 Å². The Kier molecular flexibility index (Phi) is 4.50. The Morgan fingerprint density at radius 1 is 1.44 bits per heavy atom. The Morgan fingerprint density at radius 3 is 2.89 bits per heavy atom. The molecule has 18 heavy (non-hydrogen) atoms. The molecule has 0 saturated heterocycles. The van der Waals surface area contributed by atoms with Crippen LogP contribution in [0, 0.1) is 0 Å². The van der Waals surface area contributed by atoms with Crippen LogP contribution in [0.2, 0.25) is 0 Å². The smallest absolute Gasteiger partial charge is 0.308 e. The molecule has 2 rings (SSSR count). The van der Waals surface area contributed by atoms with Gasteiger partial charge in [0.25, 0.3) is 0 Å². The Balaban J connectivity index is 1.73. The van der Waals surface area contributed by atoms with Crippen molar-refractivity contribution in [2.45, 2.75) is 25.2 Å². The van der Waals surface area contributed by atoms with E-state index in [4.69, 9.17) is 9.47 Å². The molecule has 4 nitrogen and oxygen atoms in total. The molecule has 0 saturated carbocycles. The lowest BCUT2D eigenvalue weighted by molar-refractivity contribution is -0.148. The summed E-state index contributed by atoms with van der Waals surface area (Å²) in [6.07, 6.45) is 2.29. The predicted octanol–water partition coefficient (Wildman–Crippen LogP) is 1.44. The molecule has 0 spiro atoms. The van der Waals surface area contributed by atoms with E-state index in [9.17, 15) is 9.90 Å². The zero-order valence-corrected chi connectivity index (χ0v) is 9.99. The Hall–Kier alpha value is -1.65. The topological polar surface area (TPSA) is 55.8 Å². The number of aliphatic hydroxyl groups excluding tert-OH is 1. The van der Waals surface area contributed by atoms with Crippen LogP contribution in [0.3, 0.4) is 0 Å². The van der Waals surface area contributed by atoms with Crippen LogP contribution in [0.1, 0.15) is 12.0 Å². The van der Waals surface area contributed by atoms with E-state index in [2.05, 4.69) is 0 Å².